The Hall–Kier alpha value is -1.53. The highest BCUT2D eigenvalue weighted by atomic mass is 35.5. The number of hydrogen-bond acceptors (Lipinski definition) is 3. The molecule has 7 heteroatoms. The molecule has 0 bridgehead atoms. The maximum Gasteiger partial charge on any atom is 0.255 e. The summed E-state index contributed by atoms with van der Waals surface area (Å²) in [5.74, 6) is 0.582. The number of thioether (sulfide) groups is 1. The topological polar surface area (TPSA) is 29.5 Å². The number of rotatable bonds is 8. The fourth-order valence-corrected chi connectivity index (χ4v) is 6.35. The number of benzene rings is 2. The van der Waals surface area contributed by atoms with Gasteiger partial charge in [-0.15, -0.1) is 6.58 Å². The minimum absolute atomic E-state index is 0.0137. The predicted molar refractivity (Wildman–Crippen MR) is 148 cm³/mol. The van der Waals surface area contributed by atoms with Gasteiger partial charge in [-0.05, 0) is 61.1 Å². The maximum absolute atomic E-state index is 14.8. The van der Waals surface area contributed by atoms with Crippen LogP contribution in [0.25, 0.3) is 0 Å². The molecule has 4 atom stereocenters. The van der Waals surface area contributed by atoms with Crippen LogP contribution in [-0.2, 0) is 9.53 Å². The van der Waals surface area contributed by atoms with Crippen molar-refractivity contribution in [1.82, 2.24) is 4.90 Å². The predicted octanol–water partition coefficient (Wildman–Crippen LogP) is 8.42. The van der Waals surface area contributed by atoms with Gasteiger partial charge in [-0.2, -0.15) is 11.8 Å². The molecule has 1 aliphatic carbocycles. The maximum atomic E-state index is 14.8. The Morgan fingerprint density at radius 3 is 2.53 bits per heavy atom. The van der Waals surface area contributed by atoms with Crippen LogP contribution in [-0.4, -0.2) is 32.9 Å². The van der Waals surface area contributed by atoms with Crippen molar-refractivity contribution in [2.75, 3.05) is 5.75 Å². The molecule has 0 N–H and O–H groups in total. The summed E-state index contributed by atoms with van der Waals surface area (Å²) in [5.41, 5.74) is 0.395. The standard InChI is InChI=1S/C29H34Cl2FNO2S/c1-6-14-29(5)27(34)33(24(18-10-11-18)17-36-28(2,3)4)25(19-12-13-22(31)23(32)16-19)26(35-29)20-8-7-9-21(30)15-20/h6-9,12-13,15-16,18,24-26H,1,10-11,14,17H2,2-5H3/t24?,25?,26-,29-/m1/s1. The summed E-state index contributed by atoms with van der Waals surface area (Å²) < 4.78 is 21.5. The van der Waals surface area contributed by atoms with Crippen LogP contribution in [0.4, 0.5) is 4.39 Å². The average molecular weight is 551 g/mol. The van der Waals surface area contributed by atoms with Crippen LogP contribution in [0.1, 0.15) is 70.2 Å². The SMILES string of the molecule is C=CC[C@@]1(C)O[C@H](c2cccc(Cl)c2)C(c2ccc(Cl)c(F)c2)N(C(CSC(C)(C)C)C2CC2)C1=O. The Labute approximate surface area is 228 Å². The third-order valence-corrected chi connectivity index (χ3v) is 8.78. The van der Waals surface area contributed by atoms with E-state index in [1.54, 1.807) is 18.2 Å². The first kappa shape index (κ1) is 27.5. The lowest BCUT2D eigenvalue weighted by Gasteiger charge is -2.52. The highest BCUT2D eigenvalue weighted by Crippen LogP contribution is 2.51. The van der Waals surface area contributed by atoms with Gasteiger partial charge in [0.2, 0.25) is 0 Å². The van der Waals surface area contributed by atoms with Crippen molar-refractivity contribution >= 4 is 40.9 Å². The molecule has 0 radical (unpaired) electrons. The van der Waals surface area contributed by atoms with Crippen molar-refractivity contribution in [3.63, 3.8) is 0 Å². The Morgan fingerprint density at radius 2 is 1.94 bits per heavy atom. The lowest BCUT2D eigenvalue weighted by molar-refractivity contribution is -0.202. The molecule has 1 heterocycles. The van der Waals surface area contributed by atoms with Gasteiger partial charge in [0.15, 0.2) is 0 Å². The molecule has 2 aromatic rings. The van der Waals surface area contributed by atoms with Crippen molar-refractivity contribution in [2.24, 2.45) is 5.92 Å². The molecular formula is C29H34Cl2FNO2S. The first-order valence-corrected chi connectivity index (χ1v) is 14.1. The molecule has 3 nitrogen and oxygen atoms in total. The summed E-state index contributed by atoms with van der Waals surface area (Å²) in [6.45, 7) is 12.3. The van der Waals surface area contributed by atoms with Crippen LogP contribution < -0.4 is 0 Å². The van der Waals surface area contributed by atoms with E-state index >= 15 is 0 Å². The van der Waals surface area contributed by atoms with Crippen molar-refractivity contribution in [3.05, 3.63) is 82.1 Å². The second-order valence-corrected chi connectivity index (χ2v) is 13.7. The first-order valence-electron chi connectivity index (χ1n) is 12.4. The molecule has 0 aromatic heterocycles. The summed E-state index contributed by atoms with van der Waals surface area (Å²) in [4.78, 5) is 16.3. The molecule has 194 valence electrons. The van der Waals surface area contributed by atoms with E-state index in [4.69, 9.17) is 27.9 Å². The van der Waals surface area contributed by atoms with Crippen LogP contribution in [0.3, 0.4) is 0 Å². The van der Waals surface area contributed by atoms with Gasteiger partial charge in [-0.25, -0.2) is 4.39 Å². The Morgan fingerprint density at radius 1 is 1.22 bits per heavy atom. The largest absolute Gasteiger partial charge is 0.355 e. The number of ether oxygens (including phenoxy) is 1. The molecule has 1 aliphatic heterocycles. The number of hydrogen-bond donors (Lipinski definition) is 0. The van der Waals surface area contributed by atoms with Gasteiger partial charge in [0.05, 0.1) is 11.1 Å². The second-order valence-electron chi connectivity index (χ2n) is 11.0. The monoisotopic (exact) mass is 549 g/mol. The van der Waals surface area contributed by atoms with Gasteiger partial charge < -0.3 is 9.64 Å². The third-order valence-electron chi connectivity index (χ3n) is 6.87. The molecule has 1 amide bonds. The molecule has 1 saturated carbocycles. The normalized spacial score (nSPS) is 25.6. The molecular weight excluding hydrogens is 516 g/mol. The number of carbonyl (C=O) groups is 1. The van der Waals surface area contributed by atoms with Gasteiger partial charge in [-0.1, -0.05) is 68.2 Å². The smallest absolute Gasteiger partial charge is 0.255 e. The van der Waals surface area contributed by atoms with E-state index in [0.29, 0.717) is 22.9 Å². The van der Waals surface area contributed by atoms with Crippen LogP contribution in [0.2, 0.25) is 10.0 Å². The molecule has 2 aromatic carbocycles. The molecule has 2 unspecified atom stereocenters. The zero-order valence-corrected chi connectivity index (χ0v) is 23.6. The van der Waals surface area contributed by atoms with Crippen LogP contribution in [0.5, 0.6) is 0 Å². The van der Waals surface area contributed by atoms with E-state index in [9.17, 15) is 9.18 Å². The number of nitrogens with zero attached hydrogens (tertiary/aromatic N) is 1. The van der Waals surface area contributed by atoms with Crippen molar-refractivity contribution in [1.29, 1.82) is 0 Å². The Balaban J connectivity index is 1.90. The van der Waals surface area contributed by atoms with Crippen molar-refractivity contribution in [2.45, 2.75) is 75.5 Å². The van der Waals surface area contributed by atoms with Gasteiger partial charge >= 0.3 is 0 Å². The quantitative estimate of drug-likeness (QED) is 0.309. The first-order chi connectivity index (χ1) is 16.9. The van der Waals surface area contributed by atoms with Crippen LogP contribution in [0, 0.1) is 11.7 Å². The molecule has 0 spiro atoms. The Bertz CT molecular complexity index is 1130. The lowest BCUT2D eigenvalue weighted by Crippen LogP contribution is -2.61. The minimum Gasteiger partial charge on any atom is -0.355 e. The summed E-state index contributed by atoms with van der Waals surface area (Å²) >= 11 is 14.3. The fourth-order valence-electron chi connectivity index (χ4n) is 4.93. The van der Waals surface area contributed by atoms with Gasteiger partial charge in [-0.3, -0.25) is 4.79 Å². The Kier molecular flexibility index (Phi) is 8.16. The summed E-state index contributed by atoms with van der Waals surface area (Å²) in [5, 5.41) is 0.624. The van der Waals surface area contributed by atoms with Gasteiger partial charge in [0, 0.05) is 28.0 Å². The zero-order valence-electron chi connectivity index (χ0n) is 21.3. The van der Waals surface area contributed by atoms with E-state index in [1.807, 2.05) is 47.9 Å². The molecule has 2 fully saturated rings. The summed E-state index contributed by atoms with van der Waals surface area (Å²) in [6, 6.07) is 11.7. The second kappa shape index (κ2) is 10.7. The highest BCUT2D eigenvalue weighted by molar-refractivity contribution is 8.00. The van der Waals surface area contributed by atoms with Crippen LogP contribution >= 0.6 is 35.0 Å². The van der Waals surface area contributed by atoms with E-state index in [-0.39, 0.29) is 21.7 Å². The minimum atomic E-state index is -1.10. The highest BCUT2D eigenvalue weighted by Gasteiger charge is 2.54. The van der Waals surface area contributed by atoms with Crippen LogP contribution in [0.15, 0.2) is 55.1 Å². The van der Waals surface area contributed by atoms with Crippen molar-refractivity contribution < 1.29 is 13.9 Å². The number of halogens is 3. The summed E-state index contributed by atoms with van der Waals surface area (Å²) in [7, 11) is 0. The van der Waals surface area contributed by atoms with E-state index in [1.165, 1.54) is 6.07 Å². The fraction of sp³-hybridized carbons (Fsp3) is 0.483. The molecule has 4 rings (SSSR count). The third kappa shape index (κ3) is 5.96. The van der Waals surface area contributed by atoms with E-state index in [2.05, 4.69) is 27.4 Å². The average Bonchev–Trinajstić information content (AvgIpc) is 3.63. The van der Waals surface area contributed by atoms with E-state index in [0.717, 1.165) is 24.2 Å². The number of morpholine rings is 1. The van der Waals surface area contributed by atoms with Gasteiger partial charge in [0.1, 0.15) is 17.5 Å². The van der Waals surface area contributed by atoms with Gasteiger partial charge in [0.25, 0.3) is 5.91 Å². The lowest BCUT2D eigenvalue weighted by atomic mass is 9.85. The molecule has 1 saturated heterocycles. The number of amides is 1. The number of carbonyl (C=O) groups excluding carboxylic acids is 1. The zero-order chi connectivity index (χ0) is 26.3. The van der Waals surface area contributed by atoms with E-state index < -0.39 is 23.6 Å². The molecule has 2 aliphatic rings. The summed E-state index contributed by atoms with van der Waals surface area (Å²) in [6.07, 6.45) is 3.69. The molecule has 36 heavy (non-hydrogen) atoms. The van der Waals surface area contributed by atoms with Crippen molar-refractivity contribution in [3.8, 4) is 0 Å².